The van der Waals surface area contributed by atoms with E-state index in [9.17, 15) is 4.79 Å². The van der Waals surface area contributed by atoms with Crippen LogP contribution in [0.3, 0.4) is 0 Å². The van der Waals surface area contributed by atoms with Crippen molar-refractivity contribution in [1.29, 1.82) is 0 Å². The van der Waals surface area contributed by atoms with E-state index in [1.165, 1.54) is 0 Å². The van der Waals surface area contributed by atoms with Crippen molar-refractivity contribution in [2.75, 3.05) is 30.8 Å². The SMILES string of the molecule is CNC(=O)C1CCN(c2cc3[nH]ncc3cc2N)CC1. The Bertz CT molecular complexity index is 628. The van der Waals surface area contributed by atoms with E-state index >= 15 is 0 Å². The number of nitrogens with one attached hydrogen (secondary N) is 2. The van der Waals surface area contributed by atoms with Gasteiger partial charge in [0.1, 0.15) is 0 Å². The van der Waals surface area contributed by atoms with Crippen LogP contribution in [0.1, 0.15) is 12.8 Å². The van der Waals surface area contributed by atoms with Crippen LogP contribution in [0, 0.1) is 5.92 Å². The van der Waals surface area contributed by atoms with Gasteiger partial charge in [0, 0.05) is 31.4 Å². The molecule has 0 bridgehead atoms. The number of benzene rings is 1. The second-order valence-corrected chi connectivity index (χ2v) is 5.24. The van der Waals surface area contributed by atoms with Crippen molar-refractivity contribution in [3.05, 3.63) is 18.3 Å². The number of fused-ring (bicyclic) bond motifs is 1. The number of carbonyl (C=O) groups excluding carboxylic acids is 1. The molecule has 1 saturated heterocycles. The second-order valence-electron chi connectivity index (χ2n) is 5.24. The number of aromatic nitrogens is 2. The third-order valence-corrected chi connectivity index (χ3v) is 4.04. The number of hydrogen-bond acceptors (Lipinski definition) is 4. The van der Waals surface area contributed by atoms with Crippen LogP contribution in [0.4, 0.5) is 11.4 Å². The lowest BCUT2D eigenvalue weighted by Crippen LogP contribution is -2.39. The highest BCUT2D eigenvalue weighted by atomic mass is 16.1. The quantitative estimate of drug-likeness (QED) is 0.715. The number of hydrogen-bond donors (Lipinski definition) is 3. The molecular weight excluding hydrogens is 254 g/mol. The summed E-state index contributed by atoms with van der Waals surface area (Å²) in [5.41, 5.74) is 8.91. The second kappa shape index (κ2) is 5.03. The number of H-pyrrole nitrogens is 1. The summed E-state index contributed by atoms with van der Waals surface area (Å²) in [5, 5.41) is 10.7. The Morgan fingerprint density at radius 2 is 2.20 bits per heavy atom. The van der Waals surface area contributed by atoms with Gasteiger partial charge in [-0.15, -0.1) is 0 Å². The molecule has 6 heteroatoms. The molecular formula is C14H19N5O. The maximum Gasteiger partial charge on any atom is 0.222 e. The molecule has 0 radical (unpaired) electrons. The van der Waals surface area contributed by atoms with Crippen molar-refractivity contribution in [2.45, 2.75) is 12.8 Å². The Morgan fingerprint density at radius 1 is 1.45 bits per heavy atom. The molecule has 1 aliphatic rings. The third kappa shape index (κ3) is 2.17. The number of carbonyl (C=O) groups is 1. The maximum atomic E-state index is 11.6. The minimum Gasteiger partial charge on any atom is -0.397 e. The van der Waals surface area contributed by atoms with E-state index in [1.54, 1.807) is 13.2 Å². The first-order valence-electron chi connectivity index (χ1n) is 6.88. The fraction of sp³-hybridized carbons (Fsp3) is 0.429. The first-order valence-corrected chi connectivity index (χ1v) is 6.88. The predicted octanol–water partition coefficient (Wildman–Crippen LogP) is 1.11. The van der Waals surface area contributed by atoms with Crippen LogP contribution in [-0.2, 0) is 4.79 Å². The van der Waals surface area contributed by atoms with Crippen LogP contribution < -0.4 is 16.0 Å². The van der Waals surface area contributed by atoms with Gasteiger partial charge >= 0.3 is 0 Å². The van der Waals surface area contributed by atoms with Crippen molar-refractivity contribution in [1.82, 2.24) is 15.5 Å². The molecule has 4 N–H and O–H groups in total. The molecule has 1 fully saturated rings. The van der Waals surface area contributed by atoms with E-state index < -0.39 is 0 Å². The molecule has 0 atom stereocenters. The van der Waals surface area contributed by atoms with Crippen LogP contribution in [-0.4, -0.2) is 36.2 Å². The molecule has 2 heterocycles. The Hall–Kier alpha value is -2.24. The van der Waals surface area contributed by atoms with Crippen molar-refractivity contribution in [3.63, 3.8) is 0 Å². The summed E-state index contributed by atoms with van der Waals surface area (Å²) in [5.74, 6) is 0.259. The predicted molar refractivity (Wildman–Crippen MR) is 79.5 cm³/mol. The number of nitrogens with two attached hydrogens (primary N) is 1. The summed E-state index contributed by atoms with van der Waals surface area (Å²) < 4.78 is 0. The summed E-state index contributed by atoms with van der Waals surface area (Å²) in [7, 11) is 1.69. The van der Waals surface area contributed by atoms with Gasteiger partial charge in [-0.3, -0.25) is 9.89 Å². The number of amides is 1. The Kier molecular flexibility index (Phi) is 3.22. The van der Waals surface area contributed by atoms with Crippen LogP contribution >= 0.6 is 0 Å². The van der Waals surface area contributed by atoms with Gasteiger partial charge in [0.25, 0.3) is 0 Å². The van der Waals surface area contributed by atoms with Gasteiger partial charge in [0.05, 0.1) is 23.1 Å². The first kappa shape index (κ1) is 12.8. The maximum absolute atomic E-state index is 11.6. The lowest BCUT2D eigenvalue weighted by Gasteiger charge is -2.33. The highest BCUT2D eigenvalue weighted by Gasteiger charge is 2.25. The molecule has 106 valence electrons. The molecule has 0 unspecified atom stereocenters. The van der Waals surface area contributed by atoms with Gasteiger partial charge in [-0.05, 0) is 25.0 Å². The molecule has 0 spiro atoms. The number of rotatable bonds is 2. The molecule has 2 aromatic rings. The average molecular weight is 273 g/mol. The third-order valence-electron chi connectivity index (χ3n) is 4.04. The first-order chi connectivity index (χ1) is 9.69. The molecule has 1 amide bonds. The van der Waals surface area contributed by atoms with Gasteiger partial charge in [0.2, 0.25) is 5.91 Å². The summed E-state index contributed by atoms with van der Waals surface area (Å²) >= 11 is 0. The number of anilines is 2. The fourth-order valence-corrected chi connectivity index (χ4v) is 2.86. The van der Waals surface area contributed by atoms with Gasteiger partial charge < -0.3 is 16.0 Å². The molecule has 0 aliphatic carbocycles. The Balaban J connectivity index is 1.79. The minimum atomic E-state index is 0.119. The molecule has 6 nitrogen and oxygen atoms in total. The van der Waals surface area contributed by atoms with E-state index in [-0.39, 0.29) is 11.8 Å². The van der Waals surface area contributed by atoms with E-state index in [1.807, 2.05) is 12.1 Å². The zero-order valence-electron chi connectivity index (χ0n) is 11.5. The van der Waals surface area contributed by atoms with Crippen molar-refractivity contribution in [3.8, 4) is 0 Å². The summed E-state index contributed by atoms with van der Waals surface area (Å²) in [4.78, 5) is 13.9. The van der Waals surface area contributed by atoms with Crippen LogP contribution in [0.2, 0.25) is 0 Å². The topological polar surface area (TPSA) is 87.0 Å². The normalized spacial score (nSPS) is 16.6. The number of nitrogens with zero attached hydrogens (tertiary/aromatic N) is 2. The van der Waals surface area contributed by atoms with E-state index in [0.29, 0.717) is 0 Å². The van der Waals surface area contributed by atoms with Crippen LogP contribution in [0.25, 0.3) is 10.9 Å². The van der Waals surface area contributed by atoms with Crippen molar-refractivity contribution in [2.24, 2.45) is 5.92 Å². The van der Waals surface area contributed by atoms with Gasteiger partial charge in [-0.25, -0.2) is 0 Å². The van der Waals surface area contributed by atoms with E-state index in [0.717, 1.165) is 48.2 Å². The summed E-state index contributed by atoms with van der Waals surface area (Å²) in [6.07, 6.45) is 3.49. The lowest BCUT2D eigenvalue weighted by atomic mass is 9.95. The highest BCUT2D eigenvalue weighted by molar-refractivity contribution is 5.89. The molecule has 0 saturated carbocycles. The van der Waals surface area contributed by atoms with Gasteiger partial charge in [-0.2, -0.15) is 5.10 Å². The zero-order chi connectivity index (χ0) is 14.1. The molecule has 20 heavy (non-hydrogen) atoms. The summed E-state index contributed by atoms with van der Waals surface area (Å²) in [6.45, 7) is 1.70. The zero-order valence-corrected chi connectivity index (χ0v) is 11.5. The largest absolute Gasteiger partial charge is 0.397 e. The van der Waals surface area contributed by atoms with Gasteiger partial charge in [0.15, 0.2) is 0 Å². The van der Waals surface area contributed by atoms with E-state index in [4.69, 9.17) is 5.73 Å². The summed E-state index contributed by atoms with van der Waals surface area (Å²) in [6, 6.07) is 3.98. The average Bonchev–Trinajstić information content (AvgIpc) is 2.93. The molecule has 1 aromatic heterocycles. The molecule has 3 rings (SSSR count). The standard InChI is InChI=1S/C14H19N5O/c1-16-14(20)9-2-4-19(5-3-9)13-7-12-10(6-11(13)15)8-17-18-12/h6-9H,2-5,15H2,1H3,(H,16,20)(H,17,18). The smallest absolute Gasteiger partial charge is 0.222 e. The number of aromatic amines is 1. The monoisotopic (exact) mass is 273 g/mol. The van der Waals surface area contributed by atoms with Crippen molar-refractivity contribution < 1.29 is 4.79 Å². The van der Waals surface area contributed by atoms with E-state index in [2.05, 4.69) is 20.4 Å². The minimum absolute atomic E-state index is 0.119. The lowest BCUT2D eigenvalue weighted by molar-refractivity contribution is -0.125. The van der Waals surface area contributed by atoms with Crippen molar-refractivity contribution >= 4 is 28.2 Å². The van der Waals surface area contributed by atoms with Gasteiger partial charge in [-0.1, -0.05) is 0 Å². The Morgan fingerprint density at radius 3 is 2.90 bits per heavy atom. The fourth-order valence-electron chi connectivity index (χ4n) is 2.86. The molecule has 1 aromatic carbocycles. The number of nitrogen functional groups attached to an aromatic ring is 1. The number of piperidine rings is 1. The Labute approximate surface area is 117 Å². The van der Waals surface area contributed by atoms with Crippen LogP contribution in [0.5, 0.6) is 0 Å². The molecule has 1 aliphatic heterocycles. The van der Waals surface area contributed by atoms with Crippen LogP contribution in [0.15, 0.2) is 18.3 Å². The highest BCUT2D eigenvalue weighted by Crippen LogP contribution is 2.31.